The van der Waals surface area contributed by atoms with Crippen molar-refractivity contribution in [3.8, 4) is 5.75 Å². The Morgan fingerprint density at radius 3 is 2.53 bits per heavy atom. The molecule has 0 heterocycles. The van der Waals surface area contributed by atoms with Crippen LogP contribution in [0.15, 0.2) is 18.2 Å². The second kappa shape index (κ2) is 7.29. The maximum atomic E-state index is 11.2. The van der Waals surface area contributed by atoms with Crippen molar-refractivity contribution >= 4 is 5.78 Å². The van der Waals surface area contributed by atoms with E-state index in [-0.39, 0.29) is 11.8 Å². The number of hydrogen-bond acceptors (Lipinski definition) is 3. The number of ketones is 1. The molecule has 1 atom stereocenters. The Morgan fingerprint density at radius 1 is 1.37 bits per heavy atom. The minimum atomic E-state index is 0.151. The zero-order valence-corrected chi connectivity index (χ0v) is 12.6. The molecule has 0 fully saturated rings. The first-order valence-corrected chi connectivity index (χ1v) is 6.84. The predicted molar refractivity (Wildman–Crippen MR) is 78.8 cm³/mol. The number of nitrogens with one attached hydrogen (secondary N) is 1. The maximum absolute atomic E-state index is 11.2. The molecule has 0 bridgehead atoms. The van der Waals surface area contributed by atoms with Crippen LogP contribution in [0.2, 0.25) is 0 Å². The second-order valence-corrected chi connectivity index (χ2v) is 5.24. The van der Waals surface area contributed by atoms with Gasteiger partial charge < -0.3 is 14.8 Å². The van der Waals surface area contributed by atoms with Gasteiger partial charge in [-0.05, 0) is 37.9 Å². The first-order valence-electron chi connectivity index (χ1n) is 6.84. The van der Waals surface area contributed by atoms with Gasteiger partial charge in [-0.15, -0.1) is 0 Å². The number of benzene rings is 1. The van der Waals surface area contributed by atoms with E-state index in [2.05, 4.69) is 31.3 Å². The lowest BCUT2D eigenvalue weighted by molar-refractivity contribution is -0.117. The zero-order valence-electron chi connectivity index (χ0n) is 12.6. The minimum Gasteiger partial charge on any atom is -0.496 e. The maximum Gasteiger partial charge on any atom is 0.129 e. The molecule has 1 N–H and O–H groups in total. The highest BCUT2D eigenvalue weighted by Crippen LogP contribution is 2.31. The van der Waals surface area contributed by atoms with E-state index in [1.54, 1.807) is 14.0 Å². The third-order valence-electron chi connectivity index (χ3n) is 3.43. The van der Waals surface area contributed by atoms with Crippen molar-refractivity contribution < 1.29 is 9.53 Å². The summed E-state index contributed by atoms with van der Waals surface area (Å²) in [5.41, 5.74) is 2.43. The molecule has 0 aromatic heterocycles. The summed E-state index contributed by atoms with van der Waals surface area (Å²) in [6, 6.07) is 6.45. The third kappa shape index (κ3) is 4.35. The van der Waals surface area contributed by atoms with Crippen molar-refractivity contribution in [3.63, 3.8) is 0 Å². The Morgan fingerprint density at radius 2 is 2.05 bits per heavy atom. The van der Waals surface area contributed by atoms with Crippen molar-refractivity contribution in [1.29, 1.82) is 0 Å². The summed E-state index contributed by atoms with van der Waals surface area (Å²) in [6.45, 7) is 5.99. The summed E-state index contributed by atoms with van der Waals surface area (Å²) in [6.07, 6.45) is 1.38. The molecule has 0 saturated carbocycles. The number of carbonyl (C=O) groups is 1. The van der Waals surface area contributed by atoms with Gasteiger partial charge in [0.05, 0.1) is 7.11 Å². The summed E-state index contributed by atoms with van der Waals surface area (Å²) in [5.74, 6) is 1.58. The van der Waals surface area contributed by atoms with Gasteiger partial charge in [0.2, 0.25) is 0 Å². The second-order valence-electron chi connectivity index (χ2n) is 5.24. The standard InChI is InChI=1S/C16H25NO2/c1-11(2)13-7-9-16(19-5)14(10-13)15(17-4)8-6-12(3)18/h7,9-11,15,17H,6,8H2,1-5H3. The normalized spacial score (nSPS) is 12.5. The molecule has 3 heteroatoms. The number of ether oxygens (including phenoxy) is 1. The number of Topliss-reactive ketones (excluding diaryl/α,β-unsaturated/α-hetero) is 1. The van der Waals surface area contributed by atoms with Crippen LogP contribution >= 0.6 is 0 Å². The summed E-state index contributed by atoms with van der Waals surface area (Å²) in [4.78, 5) is 11.2. The predicted octanol–water partition coefficient (Wildman–Crippen LogP) is 3.45. The van der Waals surface area contributed by atoms with Crippen molar-refractivity contribution in [2.75, 3.05) is 14.2 Å². The molecule has 106 valence electrons. The van der Waals surface area contributed by atoms with Crippen molar-refractivity contribution in [1.82, 2.24) is 5.32 Å². The van der Waals surface area contributed by atoms with Crippen LogP contribution in [0, 0.1) is 0 Å². The topological polar surface area (TPSA) is 38.3 Å². The van der Waals surface area contributed by atoms with Crippen LogP contribution in [0.5, 0.6) is 5.75 Å². The van der Waals surface area contributed by atoms with E-state index in [1.807, 2.05) is 13.1 Å². The van der Waals surface area contributed by atoms with Crippen molar-refractivity contribution in [2.24, 2.45) is 0 Å². The number of carbonyl (C=O) groups excluding carboxylic acids is 1. The Hall–Kier alpha value is -1.35. The Balaban J connectivity index is 3.04. The quantitative estimate of drug-likeness (QED) is 0.819. The number of rotatable bonds is 7. The van der Waals surface area contributed by atoms with E-state index in [9.17, 15) is 4.79 Å². The average Bonchev–Trinajstić information content (AvgIpc) is 2.38. The van der Waals surface area contributed by atoms with Gasteiger partial charge in [0.1, 0.15) is 11.5 Å². The van der Waals surface area contributed by atoms with Crippen LogP contribution in [0.4, 0.5) is 0 Å². The lowest BCUT2D eigenvalue weighted by atomic mass is 9.94. The summed E-state index contributed by atoms with van der Waals surface area (Å²) < 4.78 is 5.44. The molecule has 1 rings (SSSR count). The highest BCUT2D eigenvalue weighted by atomic mass is 16.5. The van der Waals surface area contributed by atoms with E-state index >= 15 is 0 Å². The lowest BCUT2D eigenvalue weighted by Gasteiger charge is -2.20. The highest BCUT2D eigenvalue weighted by molar-refractivity contribution is 5.75. The summed E-state index contributed by atoms with van der Waals surface area (Å²) >= 11 is 0. The Kier molecular flexibility index (Phi) is 6.03. The smallest absolute Gasteiger partial charge is 0.129 e. The average molecular weight is 263 g/mol. The number of methoxy groups -OCH3 is 1. The molecule has 0 aliphatic rings. The highest BCUT2D eigenvalue weighted by Gasteiger charge is 2.16. The van der Waals surface area contributed by atoms with E-state index in [0.29, 0.717) is 12.3 Å². The SMILES string of the molecule is CNC(CCC(C)=O)c1cc(C(C)C)ccc1OC. The molecule has 0 radical (unpaired) electrons. The first kappa shape index (κ1) is 15.7. The van der Waals surface area contributed by atoms with E-state index in [0.717, 1.165) is 17.7 Å². The number of hydrogen-bond donors (Lipinski definition) is 1. The summed E-state index contributed by atoms with van der Waals surface area (Å²) in [5, 5.41) is 3.28. The van der Waals surface area contributed by atoms with Gasteiger partial charge in [0, 0.05) is 18.0 Å². The fourth-order valence-corrected chi connectivity index (χ4v) is 2.19. The monoisotopic (exact) mass is 263 g/mol. The van der Waals surface area contributed by atoms with Crippen LogP contribution < -0.4 is 10.1 Å². The van der Waals surface area contributed by atoms with Gasteiger partial charge in [-0.25, -0.2) is 0 Å². The fraction of sp³-hybridized carbons (Fsp3) is 0.562. The molecule has 3 nitrogen and oxygen atoms in total. The molecule has 0 spiro atoms. The third-order valence-corrected chi connectivity index (χ3v) is 3.43. The van der Waals surface area contributed by atoms with Gasteiger partial charge in [-0.3, -0.25) is 0 Å². The van der Waals surface area contributed by atoms with Gasteiger partial charge in [-0.1, -0.05) is 26.0 Å². The van der Waals surface area contributed by atoms with E-state index in [4.69, 9.17) is 4.74 Å². The molecule has 1 aromatic carbocycles. The first-order chi connectivity index (χ1) is 8.99. The van der Waals surface area contributed by atoms with Crippen LogP contribution in [-0.2, 0) is 4.79 Å². The molecule has 0 aliphatic carbocycles. The van der Waals surface area contributed by atoms with Crippen LogP contribution in [0.3, 0.4) is 0 Å². The van der Waals surface area contributed by atoms with Crippen molar-refractivity contribution in [3.05, 3.63) is 29.3 Å². The molecule has 1 unspecified atom stereocenters. The fourth-order valence-electron chi connectivity index (χ4n) is 2.19. The largest absolute Gasteiger partial charge is 0.496 e. The van der Waals surface area contributed by atoms with Crippen LogP contribution in [0.1, 0.15) is 56.7 Å². The molecule has 1 aromatic rings. The lowest BCUT2D eigenvalue weighted by Crippen LogP contribution is -2.18. The van der Waals surface area contributed by atoms with Gasteiger partial charge >= 0.3 is 0 Å². The minimum absolute atomic E-state index is 0.151. The molecular formula is C16H25NO2. The Labute approximate surface area is 116 Å². The van der Waals surface area contributed by atoms with Gasteiger partial charge in [-0.2, -0.15) is 0 Å². The van der Waals surface area contributed by atoms with E-state index < -0.39 is 0 Å². The Bertz CT molecular complexity index is 427. The molecule has 0 saturated heterocycles. The zero-order chi connectivity index (χ0) is 14.4. The van der Waals surface area contributed by atoms with Crippen LogP contribution in [0.25, 0.3) is 0 Å². The van der Waals surface area contributed by atoms with Gasteiger partial charge in [0.25, 0.3) is 0 Å². The van der Waals surface area contributed by atoms with Gasteiger partial charge in [0.15, 0.2) is 0 Å². The summed E-state index contributed by atoms with van der Waals surface area (Å²) in [7, 11) is 3.61. The molecule has 0 amide bonds. The van der Waals surface area contributed by atoms with Crippen molar-refractivity contribution in [2.45, 2.75) is 45.6 Å². The molecular weight excluding hydrogens is 238 g/mol. The van der Waals surface area contributed by atoms with E-state index in [1.165, 1.54) is 5.56 Å². The molecule has 19 heavy (non-hydrogen) atoms. The van der Waals surface area contributed by atoms with Crippen LogP contribution in [-0.4, -0.2) is 19.9 Å². The molecule has 0 aliphatic heterocycles.